The first-order valence-electron chi connectivity index (χ1n) is 6.10. The molecule has 0 fully saturated rings. The van der Waals surface area contributed by atoms with Crippen molar-refractivity contribution in [2.75, 3.05) is 10.6 Å². The van der Waals surface area contributed by atoms with E-state index in [9.17, 15) is 18.4 Å². The summed E-state index contributed by atoms with van der Waals surface area (Å²) in [6.07, 6.45) is 0. The highest BCUT2D eigenvalue weighted by atomic mass is 19.1. The van der Waals surface area contributed by atoms with Gasteiger partial charge in [-0.25, -0.2) is 8.78 Å². The lowest BCUT2D eigenvalue weighted by Crippen LogP contribution is -2.14. The molecule has 0 spiro atoms. The van der Waals surface area contributed by atoms with Crippen molar-refractivity contribution >= 4 is 23.2 Å². The van der Waals surface area contributed by atoms with E-state index in [2.05, 4.69) is 10.6 Å². The van der Waals surface area contributed by atoms with E-state index in [0.29, 0.717) is 5.69 Å². The van der Waals surface area contributed by atoms with Gasteiger partial charge in [0, 0.05) is 18.2 Å². The number of benzene rings is 2. The third-order valence-electron chi connectivity index (χ3n) is 2.64. The summed E-state index contributed by atoms with van der Waals surface area (Å²) >= 11 is 0. The predicted octanol–water partition coefficient (Wildman–Crippen LogP) is 3.18. The lowest BCUT2D eigenvalue weighted by Gasteiger charge is -2.09. The van der Waals surface area contributed by atoms with Crippen molar-refractivity contribution < 1.29 is 18.4 Å². The Kier molecular flexibility index (Phi) is 4.27. The highest BCUT2D eigenvalue weighted by Crippen LogP contribution is 2.20. The second kappa shape index (κ2) is 6.13. The molecule has 2 amide bonds. The molecular weight excluding hydrogens is 278 g/mol. The van der Waals surface area contributed by atoms with Crippen molar-refractivity contribution in [3.63, 3.8) is 0 Å². The fourth-order valence-corrected chi connectivity index (χ4v) is 1.70. The second-order valence-corrected chi connectivity index (χ2v) is 4.34. The molecular formula is C15H12F2N2O2. The Hall–Kier alpha value is -2.76. The van der Waals surface area contributed by atoms with Gasteiger partial charge in [0.2, 0.25) is 5.91 Å². The van der Waals surface area contributed by atoms with Crippen LogP contribution in [0.2, 0.25) is 0 Å². The third-order valence-corrected chi connectivity index (χ3v) is 2.64. The average molecular weight is 290 g/mol. The maximum atomic E-state index is 13.7. The molecule has 0 aliphatic heterocycles. The highest BCUT2D eigenvalue weighted by Gasteiger charge is 2.10. The van der Waals surface area contributed by atoms with Crippen LogP contribution in [0.5, 0.6) is 0 Å². The molecule has 21 heavy (non-hydrogen) atoms. The monoisotopic (exact) mass is 290 g/mol. The highest BCUT2D eigenvalue weighted by molar-refractivity contribution is 6.04. The molecule has 0 atom stereocenters. The fourth-order valence-electron chi connectivity index (χ4n) is 1.70. The zero-order valence-electron chi connectivity index (χ0n) is 11.1. The van der Waals surface area contributed by atoms with Crippen LogP contribution in [-0.2, 0) is 4.79 Å². The van der Waals surface area contributed by atoms with Crippen molar-refractivity contribution in [3.05, 3.63) is 59.7 Å². The van der Waals surface area contributed by atoms with Gasteiger partial charge in [0.05, 0.1) is 5.69 Å². The smallest absolute Gasteiger partial charge is 0.255 e. The number of rotatable bonds is 3. The van der Waals surface area contributed by atoms with E-state index < -0.39 is 17.5 Å². The van der Waals surface area contributed by atoms with Gasteiger partial charge in [-0.05, 0) is 42.5 Å². The van der Waals surface area contributed by atoms with Crippen molar-refractivity contribution in [2.24, 2.45) is 0 Å². The largest absolute Gasteiger partial charge is 0.326 e. The Morgan fingerprint density at radius 2 is 1.62 bits per heavy atom. The lowest BCUT2D eigenvalue weighted by atomic mass is 10.2. The summed E-state index contributed by atoms with van der Waals surface area (Å²) in [7, 11) is 0. The van der Waals surface area contributed by atoms with Crippen LogP contribution in [0, 0.1) is 11.6 Å². The van der Waals surface area contributed by atoms with Gasteiger partial charge in [0.25, 0.3) is 5.91 Å². The lowest BCUT2D eigenvalue weighted by molar-refractivity contribution is -0.114. The van der Waals surface area contributed by atoms with Crippen LogP contribution in [0.15, 0.2) is 42.5 Å². The van der Waals surface area contributed by atoms with Crippen LogP contribution in [0.1, 0.15) is 17.3 Å². The number of hydrogen-bond acceptors (Lipinski definition) is 2. The number of amides is 2. The molecule has 0 aliphatic carbocycles. The van der Waals surface area contributed by atoms with E-state index in [1.165, 1.54) is 31.2 Å². The van der Waals surface area contributed by atoms with Crippen LogP contribution < -0.4 is 10.6 Å². The van der Waals surface area contributed by atoms with Crippen molar-refractivity contribution in [2.45, 2.75) is 6.92 Å². The quantitative estimate of drug-likeness (QED) is 0.912. The van der Waals surface area contributed by atoms with Crippen LogP contribution in [-0.4, -0.2) is 11.8 Å². The number of carbonyl (C=O) groups is 2. The van der Waals surface area contributed by atoms with Gasteiger partial charge >= 0.3 is 0 Å². The third kappa shape index (κ3) is 3.85. The normalized spacial score (nSPS) is 10.0. The molecule has 4 nitrogen and oxygen atoms in total. The molecule has 0 aliphatic rings. The van der Waals surface area contributed by atoms with E-state index >= 15 is 0 Å². The molecule has 6 heteroatoms. The van der Waals surface area contributed by atoms with Crippen molar-refractivity contribution in [1.29, 1.82) is 0 Å². The average Bonchev–Trinajstić information content (AvgIpc) is 2.42. The first-order valence-corrected chi connectivity index (χ1v) is 6.10. The van der Waals surface area contributed by atoms with E-state index in [1.54, 1.807) is 0 Å². The molecule has 2 rings (SSSR count). The van der Waals surface area contributed by atoms with Gasteiger partial charge in [-0.2, -0.15) is 0 Å². The molecule has 2 aromatic carbocycles. The van der Waals surface area contributed by atoms with Crippen LogP contribution in [0.25, 0.3) is 0 Å². The van der Waals surface area contributed by atoms with Crippen molar-refractivity contribution in [3.8, 4) is 0 Å². The number of halogens is 2. The molecule has 0 aromatic heterocycles. The molecule has 108 valence electrons. The molecule has 0 radical (unpaired) electrons. The van der Waals surface area contributed by atoms with E-state index in [1.807, 2.05) is 0 Å². The zero-order chi connectivity index (χ0) is 15.4. The summed E-state index contributed by atoms with van der Waals surface area (Å²) in [6, 6.07) is 8.67. The zero-order valence-corrected chi connectivity index (χ0v) is 11.1. The maximum absolute atomic E-state index is 13.7. The molecule has 0 heterocycles. The standard InChI is InChI=1S/C15H12F2N2O2/c1-9(20)18-12-6-7-13(17)14(8-12)19-15(21)10-2-4-11(16)5-3-10/h2-8H,1H3,(H,18,20)(H,19,21). The summed E-state index contributed by atoms with van der Waals surface area (Å²) in [4.78, 5) is 22.9. The number of anilines is 2. The molecule has 0 unspecified atom stereocenters. The van der Waals surface area contributed by atoms with Gasteiger partial charge in [-0.1, -0.05) is 0 Å². The Morgan fingerprint density at radius 3 is 2.24 bits per heavy atom. The number of carbonyl (C=O) groups excluding carboxylic acids is 2. The van der Waals surface area contributed by atoms with E-state index in [-0.39, 0.29) is 17.2 Å². The van der Waals surface area contributed by atoms with Crippen LogP contribution >= 0.6 is 0 Å². The van der Waals surface area contributed by atoms with Crippen molar-refractivity contribution in [1.82, 2.24) is 0 Å². The van der Waals surface area contributed by atoms with Gasteiger partial charge in [0.15, 0.2) is 0 Å². The fraction of sp³-hybridized carbons (Fsp3) is 0.0667. The first-order chi connectivity index (χ1) is 9.95. The van der Waals surface area contributed by atoms with Gasteiger partial charge < -0.3 is 10.6 Å². The van der Waals surface area contributed by atoms with E-state index in [4.69, 9.17) is 0 Å². The Morgan fingerprint density at radius 1 is 0.952 bits per heavy atom. The first kappa shape index (κ1) is 14.6. The Balaban J connectivity index is 2.20. The van der Waals surface area contributed by atoms with Crippen LogP contribution in [0.3, 0.4) is 0 Å². The maximum Gasteiger partial charge on any atom is 0.255 e. The van der Waals surface area contributed by atoms with E-state index in [0.717, 1.165) is 18.2 Å². The van der Waals surface area contributed by atoms with Gasteiger partial charge in [-0.15, -0.1) is 0 Å². The minimum absolute atomic E-state index is 0.0735. The summed E-state index contributed by atoms with van der Waals surface area (Å²) in [6.45, 7) is 1.32. The Bertz CT molecular complexity index is 685. The Labute approximate surface area is 119 Å². The summed E-state index contributed by atoms with van der Waals surface area (Å²) in [5.41, 5.74) is 0.481. The summed E-state index contributed by atoms with van der Waals surface area (Å²) in [5, 5.41) is 4.86. The van der Waals surface area contributed by atoms with Gasteiger partial charge in [-0.3, -0.25) is 9.59 Å². The second-order valence-electron chi connectivity index (χ2n) is 4.34. The summed E-state index contributed by atoms with van der Waals surface area (Å²) in [5.74, 6) is -1.99. The molecule has 0 saturated heterocycles. The SMILES string of the molecule is CC(=O)Nc1ccc(F)c(NC(=O)c2ccc(F)cc2)c1. The number of hydrogen-bond donors (Lipinski definition) is 2. The topological polar surface area (TPSA) is 58.2 Å². The minimum Gasteiger partial charge on any atom is -0.326 e. The van der Waals surface area contributed by atoms with Crippen LogP contribution in [0.4, 0.5) is 20.2 Å². The molecule has 0 saturated carbocycles. The minimum atomic E-state index is -0.639. The van der Waals surface area contributed by atoms with Gasteiger partial charge in [0.1, 0.15) is 11.6 Å². The molecule has 2 N–H and O–H groups in total. The predicted molar refractivity (Wildman–Crippen MR) is 75.1 cm³/mol. The molecule has 0 bridgehead atoms. The molecule has 2 aromatic rings. The summed E-state index contributed by atoms with van der Waals surface area (Å²) < 4.78 is 26.4. The number of nitrogens with one attached hydrogen (secondary N) is 2.